The van der Waals surface area contributed by atoms with Crippen molar-refractivity contribution < 1.29 is 0 Å². The molecule has 106 valence electrons. The zero-order valence-corrected chi connectivity index (χ0v) is 12.6. The summed E-state index contributed by atoms with van der Waals surface area (Å²) in [6, 6.07) is 4.46. The highest BCUT2D eigenvalue weighted by Crippen LogP contribution is 2.54. The molecule has 1 fully saturated rings. The van der Waals surface area contributed by atoms with Crippen molar-refractivity contribution in [3.05, 3.63) is 23.3 Å². The molecule has 1 saturated carbocycles. The number of aryl methyl sites for hydroxylation is 1. The normalized spacial score (nSPS) is 31.9. The van der Waals surface area contributed by atoms with Crippen molar-refractivity contribution in [1.29, 1.82) is 0 Å². The maximum Gasteiger partial charge on any atom is 0.116 e. The molecule has 3 unspecified atom stereocenters. The van der Waals surface area contributed by atoms with E-state index in [0.29, 0.717) is 5.41 Å². The molecule has 1 heterocycles. The zero-order valence-electron chi connectivity index (χ0n) is 12.6. The lowest BCUT2D eigenvalue weighted by molar-refractivity contribution is 0.0601. The van der Waals surface area contributed by atoms with Gasteiger partial charge in [0.2, 0.25) is 0 Å². The van der Waals surface area contributed by atoms with Crippen molar-refractivity contribution >= 4 is 11.0 Å². The van der Waals surface area contributed by atoms with Gasteiger partial charge in [0.25, 0.3) is 0 Å². The van der Waals surface area contributed by atoms with Gasteiger partial charge in [0.1, 0.15) is 11.0 Å². The fourth-order valence-electron chi connectivity index (χ4n) is 4.64. The largest absolute Gasteiger partial charge is 0.197 e. The van der Waals surface area contributed by atoms with E-state index in [1.807, 2.05) is 0 Å². The monoisotopic (exact) mass is 269 g/mol. The van der Waals surface area contributed by atoms with Crippen LogP contribution in [0.1, 0.15) is 57.1 Å². The van der Waals surface area contributed by atoms with Crippen LogP contribution in [0.15, 0.2) is 12.1 Å². The van der Waals surface area contributed by atoms with Crippen LogP contribution in [0.25, 0.3) is 11.0 Å². The Labute approximate surface area is 120 Å². The van der Waals surface area contributed by atoms with Crippen molar-refractivity contribution in [2.24, 2.45) is 17.3 Å². The molecule has 2 aliphatic rings. The molecular weight excluding hydrogens is 246 g/mol. The first kappa shape index (κ1) is 12.4. The third kappa shape index (κ3) is 1.58. The Morgan fingerprint density at radius 2 is 2.05 bits per heavy atom. The van der Waals surface area contributed by atoms with Gasteiger partial charge < -0.3 is 0 Å². The predicted molar refractivity (Wildman–Crippen MR) is 80.6 cm³/mol. The highest BCUT2D eigenvalue weighted by Gasteiger charge is 2.44. The summed E-state index contributed by atoms with van der Waals surface area (Å²) in [7, 11) is 0. The first-order valence-electron chi connectivity index (χ1n) is 7.90. The SMILES string of the molecule is CC1C2CCc3c(ccc4n[nH]nc34)C2CCC1(C)C. The fourth-order valence-corrected chi connectivity index (χ4v) is 4.64. The van der Waals surface area contributed by atoms with E-state index in [0.717, 1.165) is 28.8 Å². The van der Waals surface area contributed by atoms with E-state index in [2.05, 4.69) is 48.3 Å². The van der Waals surface area contributed by atoms with Gasteiger partial charge in [0.05, 0.1) is 0 Å². The van der Waals surface area contributed by atoms with Crippen LogP contribution in [-0.2, 0) is 6.42 Å². The average molecular weight is 269 g/mol. The van der Waals surface area contributed by atoms with E-state index in [1.54, 1.807) is 5.56 Å². The Morgan fingerprint density at radius 1 is 1.20 bits per heavy atom. The first-order chi connectivity index (χ1) is 9.58. The van der Waals surface area contributed by atoms with Crippen LogP contribution < -0.4 is 0 Å². The predicted octanol–water partition coefficient (Wildman–Crippen LogP) is 4.06. The third-order valence-corrected chi connectivity index (χ3v) is 6.25. The molecule has 1 aromatic carbocycles. The van der Waals surface area contributed by atoms with Crippen LogP contribution in [0.2, 0.25) is 0 Å². The summed E-state index contributed by atoms with van der Waals surface area (Å²) in [6.45, 7) is 7.37. The number of benzene rings is 1. The standard InChI is InChI=1S/C17H23N3/c1-10-11-4-5-14-12(13(11)8-9-17(10,2)3)6-7-15-16(14)19-20-18-15/h6-7,10-11,13H,4-5,8-9H2,1-3H3,(H,18,19,20). The summed E-state index contributed by atoms with van der Waals surface area (Å²) in [5.41, 5.74) is 5.65. The van der Waals surface area contributed by atoms with Crippen LogP contribution in [0, 0.1) is 17.3 Å². The number of nitrogens with one attached hydrogen (secondary N) is 1. The molecule has 0 radical (unpaired) electrons. The molecule has 0 amide bonds. The number of rotatable bonds is 0. The second-order valence-corrected chi connectivity index (χ2v) is 7.45. The number of fused-ring (bicyclic) bond motifs is 5. The second-order valence-electron chi connectivity index (χ2n) is 7.45. The van der Waals surface area contributed by atoms with Crippen molar-refractivity contribution in [3.8, 4) is 0 Å². The number of H-pyrrole nitrogens is 1. The Balaban J connectivity index is 1.81. The Bertz CT molecular complexity index is 655. The molecular formula is C17H23N3. The summed E-state index contributed by atoms with van der Waals surface area (Å²) in [4.78, 5) is 0. The minimum Gasteiger partial charge on any atom is -0.197 e. The lowest BCUT2D eigenvalue weighted by Gasteiger charge is -2.49. The first-order valence-corrected chi connectivity index (χ1v) is 7.90. The van der Waals surface area contributed by atoms with E-state index < -0.39 is 0 Å². The van der Waals surface area contributed by atoms with Crippen LogP contribution >= 0.6 is 0 Å². The van der Waals surface area contributed by atoms with Gasteiger partial charge in [0.15, 0.2) is 0 Å². The average Bonchev–Trinajstić information content (AvgIpc) is 2.91. The van der Waals surface area contributed by atoms with Crippen LogP contribution in [0.5, 0.6) is 0 Å². The molecule has 0 spiro atoms. The topological polar surface area (TPSA) is 41.6 Å². The molecule has 3 heteroatoms. The highest BCUT2D eigenvalue weighted by atomic mass is 15.3. The van der Waals surface area contributed by atoms with Gasteiger partial charge in [-0.2, -0.15) is 15.4 Å². The number of aromatic nitrogens is 3. The maximum absolute atomic E-state index is 4.38. The third-order valence-electron chi connectivity index (χ3n) is 6.25. The molecule has 3 nitrogen and oxygen atoms in total. The number of aromatic amines is 1. The fraction of sp³-hybridized carbons (Fsp3) is 0.647. The minimum absolute atomic E-state index is 0.497. The van der Waals surface area contributed by atoms with Gasteiger partial charge in [-0.1, -0.05) is 26.8 Å². The molecule has 3 atom stereocenters. The molecule has 20 heavy (non-hydrogen) atoms. The molecule has 1 N–H and O–H groups in total. The molecule has 0 saturated heterocycles. The molecule has 4 rings (SSSR count). The van der Waals surface area contributed by atoms with E-state index >= 15 is 0 Å². The van der Waals surface area contributed by atoms with Crippen molar-refractivity contribution in [1.82, 2.24) is 15.4 Å². The lowest BCUT2D eigenvalue weighted by atomic mass is 9.56. The summed E-state index contributed by atoms with van der Waals surface area (Å²) < 4.78 is 0. The molecule has 2 aliphatic carbocycles. The van der Waals surface area contributed by atoms with Gasteiger partial charge in [-0.05, 0) is 66.0 Å². The Hall–Kier alpha value is -1.38. The molecule has 2 aromatic rings. The van der Waals surface area contributed by atoms with E-state index in [4.69, 9.17) is 0 Å². The maximum atomic E-state index is 4.38. The highest BCUT2D eigenvalue weighted by molar-refractivity contribution is 5.79. The van der Waals surface area contributed by atoms with E-state index in [9.17, 15) is 0 Å². The van der Waals surface area contributed by atoms with Crippen LogP contribution in [0.3, 0.4) is 0 Å². The Morgan fingerprint density at radius 3 is 2.90 bits per heavy atom. The minimum atomic E-state index is 0.497. The molecule has 0 bridgehead atoms. The lowest BCUT2D eigenvalue weighted by Crippen LogP contribution is -2.39. The van der Waals surface area contributed by atoms with Gasteiger partial charge in [0, 0.05) is 0 Å². The second kappa shape index (κ2) is 4.06. The van der Waals surface area contributed by atoms with E-state index in [-0.39, 0.29) is 0 Å². The molecule has 0 aliphatic heterocycles. The summed E-state index contributed by atoms with van der Waals surface area (Å²) >= 11 is 0. The number of hydrogen-bond donors (Lipinski definition) is 1. The Kier molecular flexibility index (Phi) is 2.51. The van der Waals surface area contributed by atoms with E-state index in [1.165, 1.54) is 31.2 Å². The van der Waals surface area contributed by atoms with Gasteiger partial charge >= 0.3 is 0 Å². The van der Waals surface area contributed by atoms with Gasteiger partial charge in [-0.15, -0.1) is 0 Å². The number of hydrogen-bond acceptors (Lipinski definition) is 2. The van der Waals surface area contributed by atoms with Crippen molar-refractivity contribution in [2.45, 2.75) is 52.4 Å². The smallest absolute Gasteiger partial charge is 0.116 e. The number of nitrogens with zero attached hydrogens (tertiary/aromatic N) is 2. The quantitative estimate of drug-likeness (QED) is 0.783. The van der Waals surface area contributed by atoms with Crippen LogP contribution in [0.4, 0.5) is 0 Å². The molecule has 1 aromatic heterocycles. The zero-order chi connectivity index (χ0) is 13.9. The summed E-state index contributed by atoms with van der Waals surface area (Å²) in [5, 5.41) is 11.4. The van der Waals surface area contributed by atoms with Crippen molar-refractivity contribution in [3.63, 3.8) is 0 Å². The van der Waals surface area contributed by atoms with Crippen LogP contribution in [-0.4, -0.2) is 15.4 Å². The van der Waals surface area contributed by atoms with Gasteiger partial charge in [-0.25, -0.2) is 0 Å². The summed E-state index contributed by atoms with van der Waals surface area (Å²) in [5.74, 6) is 2.39. The summed E-state index contributed by atoms with van der Waals surface area (Å²) in [6.07, 6.45) is 5.15. The van der Waals surface area contributed by atoms with Crippen molar-refractivity contribution in [2.75, 3.05) is 0 Å². The van der Waals surface area contributed by atoms with Gasteiger partial charge in [-0.3, -0.25) is 0 Å².